The predicted octanol–water partition coefficient (Wildman–Crippen LogP) is 0.387. The number of halogens is 1. The first-order valence-electron chi connectivity index (χ1n) is 6.94. The summed E-state index contributed by atoms with van der Waals surface area (Å²) in [7, 11) is 2.08. The molecule has 2 unspecified atom stereocenters. The molecule has 112 valence electrons. The van der Waals surface area contributed by atoms with Gasteiger partial charge >= 0.3 is 0 Å². The first-order valence-corrected chi connectivity index (χ1v) is 6.94. The van der Waals surface area contributed by atoms with Gasteiger partial charge in [0.1, 0.15) is 0 Å². The van der Waals surface area contributed by atoms with Gasteiger partial charge in [0.05, 0.1) is 18.2 Å². The third-order valence-corrected chi connectivity index (χ3v) is 3.95. The Bertz CT molecular complexity index is 296. The summed E-state index contributed by atoms with van der Waals surface area (Å²) in [6.07, 6.45) is 3.34. The molecule has 0 aromatic heterocycles. The maximum Gasteiger partial charge on any atom is 0.240 e. The molecule has 0 spiro atoms. The van der Waals surface area contributed by atoms with Crippen LogP contribution in [0.25, 0.3) is 0 Å². The molecule has 1 amide bonds. The number of rotatable bonds is 3. The number of carbonyl (C=O) groups excluding carboxylic acids is 1. The number of hydrogen-bond donors (Lipinski definition) is 2. The highest BCUT2D eigenvalue weighted by atomic mass is 35.5. The molecule has 5 nitrogen and oxygen atoms in total. The van der Waals surface area contributed by atoms with Crippen LogP contribution in [0.2, 0.25) is 0 Å². The van der Waals surface area contributed by atoms with Crippen molar-refractivity contribution in [3.63, 3.8) is 0 Å². The quantitative estimate of drug-likeness (QED) is 0.790. The zero-order valence-corrected chi connectivity index (χ0v) is 12.7. The molecular weight excluding hydrogens is 266 g/mol. The predicted molar refractivity (Wildman–Crippen MR) is 77.8 cm³/mol. The molecule has 0 aliphatic carbocycles. The lowest BCUT2D eigenvalue weighted by atomic mass is 9.90. The summed E-state index contributed by atoms with van der Waals surface area (Å²) < 4.78 is 5.64. The van der Waals surface area contributed by atoms with Gasteiger partial charge in [0.25, 0.3) is 0 Å². The lowest BCUT2D eigenvalue weighted by Crippen LogP contribution is -2.58. The molecule has 0 aromatic carbocycles. The number of nitrogens with zero attached hydrogens (tertiary/aromatic N) is 1. The summed E-state index contributed by atoms with van der Waals surface area (Å²) in [6, 6.07) is 0. The maximum atomic E-state index is 12.2. The topological polar surface area (TPSA) is 53.6 Å². The number of carbonyl (C=O) groups is 1. The molecule has 6 heteroatoms. The molecule has 0 radical (unpaired) electrons. The second-order valence-electron chi connectivity index (χ2n) is 5.68. The summed E-state index contributed by atoms with van der Waals surface area (Å²) >= 11 is 0. The molecule has 2 rings (SSSR count). The third-order valence-electron chi connectivity index (χ3n) is 3.95. The third kappa shape index (κ3) is 4.60. The highest BCUT2D eigenvalue weighted by Gasteiger charge is 2.34. The van der Waals surface area contributed by atoms with Gasteiger partial charge in [-0.1, -0.05) is 0 Å². The van der Waals surface area contributed by atoms with E-state index < -0.39 is 5.54 Å². The Morgan fingerprint density at radius 2 is 2.32 bits per heavy atom. The second kappa shape index (κ2) is 7.43. The van der Waals surface area contributed by atoms with E-state index in [0.29, 0.717) is 6.54 Å². The van der Waals surface area contributed by atoms with Gasteiger partial charge in [0.15, 0.2) is 0 Å². The van der Waals surface area contributed by atoms with Crippen molar-refractivity contribution in [3.8, 4) is 0 Å². The number of amides is 1. The van der Waals surface area contributed by atoms with Crippen LogP contribution < -0.4 is 10.6 Å². The van der Waals surface area contributed by atoms with E-state index >= 15 is 0 Å². The van der Waals surface area contributed by atoms with E-state index in [9.17, 15) is 4.79 Å². The van der Waals surface area contributed by atoms with E-state index in [1.165, 1.54) is 6.42 Å². The molecule has 2 heterocycles. The first kappa shape index (κ1) is 16.7. The molecule has 0 saturated carbocycles. The summed E-state index contributed by atoms with van der Waals surface area (Å²) in [6.45, 7) is 6.17. The minimum atomic E-state index is -0.390. The molecule has 0 bridgehead atoms. The number of ether oxygens (including phenoxy) is 1. The van der Waals surface area contributed by atoms with Crippen molar-refractivity contribution in [1.29, 1.82) is 0 Å². The Morgan fingerprint density at radius 3 is 2.95 bits per heavy atom. The van der Waals surface area contributed by atoms with Crippen LogP contribution in [0, 0.1) is 0 Å². The lowest BCUT2D eigenvalue weighted by Gasteiger charge is -2.35. The van der Waals surface area contributed by atoms with Crippen LogP contribution in [0.1, 0.15) is 26.2 Å². The summed E-state index contributed by atoms with van der Waals surface area (Å²) in [4.78, 5) is 14.4. The van der Waals surface area contributed by atoms with Gasteiger partial charge in [-0.2, -0.15) is 0 Å². The molecule has 19 heavy (non-hydrogen) atoms. The van der Waals surface area contributed by atoms with Crippen molar-refractivity contribution in [3.05, 3.63) is 0 Å². The average molecular weight is 292 g/mol. The Morgan fingerprint density at radius 1 is 1.53 bits per heavy atom. The van der Waals surface area contributed by atoms with Crippen molar-refractivity contribution in [2.45, 2.75) is 37.8 Å². The largest absolute Gasteiger partial charge is 0.374 e. The van der Waals surface area contributed by atoms with E-state index in [4.69, 9.17) is 4.74 Å². The minimum Gasteiger partial charge on any atom is -0.374 e. The Balaban J connectivity index is 0.00000180. The van der Waals surface area contributed by atoms with E-state index in [1.807, 2.05) is 6.92 Å². The summed E-state index contributed by atoms with van der Waals surface area (Å²) in [5.41, 5.74) is -0.390. The van der Waals surface area contributed by atoms with Crippen LogP contribution in [-0.4, -0.2) is 62.3 Å². The lowest BCUT2D eigenvalue weighted by molar-refractivity contribution is -0.129. The fourth-order valence-electron chi connectivity index (χ4n) is 2.64. The van der Waals surface area contributed by atoms with Gasteiger partial charge in [0, 0.05) is 19.6 Å². The number of nitrogens with one attached hydrogen (secondary N) is 2. The van der Waals surface area contributed by atoms with E-state index in [-0.39, 0.29) is 24.4 Å². The van der Waals surface area contributed by atoms with Gasteiger partial charge in [0.2, 0.25) is 5.91 Å². The summed E-state index contributed by atoms with van der Waals surface area (Å²) in [5.74, 6) is 0.110. The number of morpholine rings is 1. The average Bonchev–Trinajstić information content (AvgIpc) is 2.37. The Labute approximate surface area is 121 Å². The molecular formula is C13H26ClN3O2. The van der Waals surface area contributed by atoms with Gasteiger partial charge in [-0.3, -0.25) is 4.79 Å². The van der Waals surface area contributed by atoms with Crippen LogP contribution in [0.15, 0.2) is 0 Å². The van der Waals surface area contributed by atoms with Crippen LogP contribution in [0.3, 0.4) is 0 Å². The van der Waals surface area contributed by atoms with Crippen molar-refractivity contribution in [2.24, 2.45) is 0 Å². The normalized spacial score (nSPS) is 32.4. The number of likely N-dealkylation sites (N-methyl/N-ethyl adjacent to an activating group) is 1. The van der Waals surface area contributed by atoms with E-state index in [0.717, 1.165) is 39.1 Å². The van der Waals surface area contributed by atoms with Gasteiger partial charge < -0.3 is 20.3 Å². The highest BCUT2D eigenvalue weighted by molar-refractivity contribution is 5.86. The van der Waals surface area contributed by atoms with E-state index in [2.05, 4.69) is 22.6 Å². The molecule has 2 N–H and O–H groups in total. The number of hydrogen-bond acceptors (Lipinski definition) is 4. The molecule has 2 atom stereocenters. The van der Waals surface area contributed by atoms with Gasteiger partial charge in [-0.25, -0.2) is 0 Å². The zero-order chi connectivity index (χ0) is 13.0. The molecule has 2 aliphatic rings. The van der Waals surface area contributed by atoms with Crippen LogP contribution in [0.5, 0.6) is 0 Å². The van der Waals surface area contributed by atoms with Crippen molar-refractivity contribution < 1.29 is 9.53 Å². The van der Waals surface area contributed by atoms with Crippen molar-refractivity contribution in [1.82, 2.24) is 15.5 Å². The zero-order valence-electron chi connectivity index (χ0n) is 11.9. The van der Waals surface area contributed by atoms with Crippen LogP contribution in [0.4, 0.5) is 0 Å². The molecule has 2 aliphatic heterocycles. The monoisotopic (exact) mass is 291 g/mol. The van der Waals surface area contributed by atoms with Crippen LogP contribution >= 0.6 is 12.4 Å². The smallest absolute Gasteiger partial charge is 0.240 e. The Hall–Kier alpha value is -0.360. The standard InChI is InChI=1S/C13H25N3O2.ClH/c1-13(5-3-4-6-15-13)12(17)14-9-11-10-16(2)7-8-18-11;/h11,15H,3-10H2,1-2H3,(H,14,17);1H. The van der Waals surface area contributed by atoms with Gasteiger partial charge in [-0.15, -0.1) is 12.4 Å². The van der Waals surface area contributed by atoms with Crippen molar-refractivity contribution in [2.75, 3.05) is 39.8 Å². The Kier molecular flexibility index (Phi) is 6.53. The molecule has 2 saturated heterocycles. The number of piperidine rings is 1. The molecule has 0 aromatic rings. The fraction of sp³-hybridized carbons (Fsp3) is 0.923. The second-order valence-corrected chi connectivity index (χ2v) is 5.68. The van der Waals surface area contributed by atoms with Crippen LogP contribution in [-0.2, 0) is 9.53 Å². The van der Waals surface area contributed by atoms with Gasteiger partial charge in [-0.05, 0) is 39.8 Å². The SMILES string of the molecule is CN1CCOC(CNC(=O)C2(C)CCCCN2)C1.Cl. The van der Waals surface area contributed by atoms with E-state index in [1.54, 1.807) is 0 Å². The highest BCUT2D eigenvalue weighted by Crippen LogP contribution is 2.18. The maximum absolute atomic E-state index is 12.2. The first-order chi connectivity index (χ1) is 8.60. The fourth-order valence-corrected chi connectivity index (χ4v) is 2.64. The van der Waals surface area contributed by atoms with Crippen molar-refractivity contribution >= 4 is 18.3 Å². The summed E-state index contributed by atoms with van der Waals surface area (Å²) in [5, 5.41) is 6.36. The molecule has 2 fully saturated rings. The minimum absolute atomic E-state index is 0.